The van der Waals surface area contributed by atoms with Gasteiger partial charge in [0.15, 0.2) is 5.11 Å². The highest BCUT2D eigenvalue weighted by Crippen LogP contribution is 2.31. The first-order valence-electron chi connectivity index (χ1n) is 8.78. The van der Waals surface area contributed by atoms with Crippen LogP contribution in [0.2, 0.25) is 0 Å². The Morgan fingerprint density at radius 3 is 2.48 bits per heavy atom. The zero-order chi connectivity index (χ0) is 20.4. The van der Waals surface area contributed by atoms with Crippen molar-refractivity contribution in [2.24, 2.45) is 0 Å². The lowest BCUT2D eigenvalue weighted by atomic mass is 10.1. The summed E-state index contributed by atoms with van der Waals surface area (Å²) in [6.45, 7) is 0. The first-order chi connectivity index (χ1) is 14.1. The Morgan fingerprint density at radius 2 is 1.72 bits per heavy atom. The summed E-state index contributed by atoms with van der Waals surface area (Å²) in [4.78, 5) is 26.8. The Balaban J connectivity index is 1.70. The van der Waals surface area contributed by atoms with E-state index in [9.17, 15) is 9.59 Å². The second kappa shape index (κ2) is 7.73. The molecule has 6 nitrogen and oxygen atoms in total. The van der Waals surface area contributed by atoms with E-state index in [1.807, 2.05) is 30.3 Å². The van der Waals surface area contributed by atoms with Crippen LogP contribution < -0.4 is 15.0 Å². The summed E-state index contributed by atoms with van der Waals surface area (Å²) in [7, 11) is 1.50. The maximum absolute atomic E-state index is 13.1. The fourth-order valence-corrected chi connectivity index (χ4v) is 3.29. The molecule has 1 aliphatic heterocycles. The number of para-hydroxylation sites is 2. The molecule has 1 N–H and O–H groups in total. The van der Waals surface area contributed by atoms with Gasteiger partial charge in [-0.25, -0.2) is 4.90 Å². The zero-order valence-electron chi connectivity index (χ0n) is 15.4. The number of benzene rings is 2. The normalized spacial score (nSPS) is 15.6. The fourth-order valence-electron chi connectivity index (χ4n) is 3.02. The predicted molar refractivity (Wildman–Crippen MR) is 113 cm³/mol. The number of nitrogens with zero attached hydrogens (tertiary/aromatic N) is 1. The zero-order valence-corrected chi connectivity index (χ0v) is 16.2. The van der Waals surface area contributed by atoms with Gasteiger partial charge in [0.05, 0.1) is 12.8 Å². The standard InChI is InChI=1S/C22H16N2O4S/c1-27-19-10-6-5-9-17(19)24-21(26)16(20(25)23-22(24)29)13-15-11-12-18(28-15)14-7-3-2-4-8-14/h2-13H,1H3,(H,23,25,29)/b16-13+. The van der Waals surface area contributed by atoms with E-state index in [0.717, 1.165) is 5.56 Å². The van der Waals surface area contributed by atoms with Crippen molar-refractivity contribution >= 4 is 40.9 Å². The topological polar surface area (TPSA) is 71.8 Å². The summed E-state index contributed by atoms with van der Waals surface area (Å²) < 4.78 is 11.1. The van der Waals surface area contributed by atoms with Crippen LogP contribution in [0.3, 0.4) is 0 Å². The molecule has 1 fully saturated rings. The molecule has 1 aliphatic rings. The number of carbonyl (C=O) groups excluding carboxylic acids is 2. The molecule has 1 saturated heterocycles. The lowest BCUT2D eigenvalue weighted by Gasteiger charge is -2.29. The van der Waals surface area contributed by atoms with Crippen LogP contribution in [0.15, 0.2) is 76.7 Å². The quantitative estimate of drug-likeness (QED) is 0.407. The Bertz CT molecular complexity index is 1130. The number of nitrogens with one attached hydrogen (secondary N) is 1. The minimum Gasteiger partial charge on any atom is -0.495 e. The van der Waals surface area contributed by atoms with Crippen LogP contribution in [0.5, 0.6) is 5.75 Å². The van der Waals surface area contributed by atoms with Crippen LogP contribution in [0.25, 0.3) is 17.4 Å². The van der Waals surface area contributed by atoms with Crippen LogP contribution in [0.1, 0.15) is 5.76 Å². The maximum Gasteiger partial charge on any atom is 0.270 e. The lowest BCUT2D eigenvalue weighted by Crippen LogP contribution is -2.54. The Kier molecular flexibility index (Phi) is 4.97. The number of amides is 2. The number of thiocarbonyl (C=S) groups is 1. The van der Waals surface area contributed by atoms with Gasteiger partial charge in [0.1, 0.15) is 22.8 Å². The maximum atomic E-state index is 13.1. The largest absolute Gasteiger partial charge is 0.495 e. The van der Waals surface area contributed by atoms with E-state index in [4.69, 9.17) is 21.4 Å². The van der Waals surface area contributed by atoms with Gasteiger partial charge in [0.2, 0.25) is 0 Å². The Morgan fingerprint density at radius 1 is 1.00 bits per heavy atom. The molecule has 0 saturated carbocycles. The molecule has 2 heterocycles. The third-order valence-electron chi connectivity index (χ3n) is 4.40. The van der Waals surface area contributed by atoms with Gasteiger partial charge in [-0.3, -0.25) is 14.9 Å². The molecule has 0 unspecified atom stereocenters. The van der Waals surface area contributed by atoms with E-state index in [2.05, 4.69) is 5.32 Å². The molecule has 0 spiro atoms. The SMILES string of the molecule is COc1ccccc1N1C(=O)/C(=C/c2ccc(-c3ccccc3)o2)C(=O)NC1=S. The molecule has 0 bridgehead atoms. The minimum absolute atomic E-state index is 0.00827. The third kappa shape index (κ3) is 3.55. The molecular weight excluding hydrogens is 388 g/mol. The highest BCUT2D eigenvalue weighted by Gasteiger charge is 2.36. The summed E-state index contributed by atoms with van der Waals surface area (Å²) >= 11 is 5.22. The third-order valence-corrected chi connectivity index (χ3v) is 4.68. The van der Waals surface area contributed by atoms with E-state index in [0.29, 0.717) is 23.0 Å². The molecular formula is C22H16N2O4S. The van der Waals surface area contributed by atoms with Crippen molar-refractivity contribution in [3.05, 3.63) is 78.1 Å². The first-order valence-corrected chi connectivity index (χ1v) is 9.19. The van der Waals surface area contributed by atoms with E-state index in [1.165, 1.54) is 18.1 Å². The van der Waals surface area contributed by atoms with Crippen molar-refractivity contribution in [2.45, 2.75) is 0 Å². The fraction of sp³-hybridized carbons (Fsp3) is 0.0455. The molecule has 0 atom stereocenters. The van der Waals surface area contributed by atoms with Crippen molar-refractivity contribution in [1.82, 2.24) is 5.32 Å². The van der Waals surface area contributed by atoms with Crippen molar-refractivity contribution in [1.29, 1.82) is 0 Å². The van der Waals surface area contributed by atoms with E-state index in [1.54, 1.807) is 36.4 Å². The molecule has 29 heavy (non-hydrogen) atoms. The van der Waals surface area contributed by atoms with Gasteiger partial charge in [0, 0.05) is 5.56 Å². The number of methoxy groups -OCH3 is 1. The van der Waals surface area contributed by atoms with Gasteiger partial charge in [-0.05, 0) is 42.6 Å². The van der Waals surface area contributed by atoms with Crippen LogP contribution in [0.4, 0.5) is 5.69 Å². The molecule has 144 valence electrons. The molecule has 1 aromatic heterocycles. The summed E-state index contributed by atoms with van der Waals surface area (Å²) in [6, 6.07) is 20.0. The highest BCUT2D eigenvalue weighted by molar-refractivity contribution is 7.80. The number of anilines is 1. The van der Waals surface area contributed by atoms with Crippen LogP contribution in [-0.2, 0) is 9.59 Å². The molecule has 2 amide bonds. The average molecular weight is 404 g/mol. The molecule has 2 aromatic carbocycles. The van der Waals surface area contributed by atoms with Crippen molar-refractivity contribution < 1.29 is 18.7 Å². The molecule has 7 heteroatoms. The summed E-state index contributed by atoms with van der Waals surface area (Å²) in [5.41, 5.74) is 1.26. The lowest BCUT2D eigenvalue weighted by molar-refractivity contribution is -0.122. The van der Waals surface area contributed by atoms with Gasteiger partial charge in [-0.15, -0.1) is 0 Å². The molecule has 3 aromatic rings. The average Bonchev–Trinajstić information content (AvgIpc) is 3.21. The van der Waals surface area contributed by atoms with Crippen molar-refractivity contribution in [3.63, 3.8) is 0 Å². The number of hydrogen-bond acceptors (Lipinski definition) is 5. The smallest absolute Gasteiger partial charge is 0.270 e. The molecule has 0 aliphatic carbocycles. The highest BCUT2D eigenvalue weighted by atomic mass is 32.1. The summed E-state index contributed by atoms with van der Waals surface area (Å²) in [5, 5.41) is 2.54. The summed E-state index contributed by atoms with van der Waals surface area (Å²) in [6.07, 6.45) is 1.41. The van der Waals surface area contributed by atoms with Gasteiger partial charge in [0.25, 0.3) is 11.8 Å². The first kappa shape index (κ1) is 18.6. The second-order valence-electron chi connectivity index (χ2n) is 6.20. The van der Waals surface area contributed by atoms with E-state index in [-0.39, 0.29) is 10.7 Å². The number of furan rings is 1. The van der Waals surface area contributed by atoms with Gasteiger partial charge in [-0.2, -0.15) is 0 Å². The van der Waals surface area contributed by atoms with Gasteiger partial charge in [-0.1, -0.05) is 42.5 Å². The number of hydrogen-bond donors (Lipinski definition) is 1. The van der Waals surface area contributed by atoms with Gasteiger partial charge >= 0.3 is 0 Å². The van der Waals surface area contributed by atoms with Crippen LogP contribution >= 0.6 is 12.2 Å². The van der Waals surface area contributed by atoms with Crippen LogP contribution in [-0.4, -0.2) is 24.0 Å². The van der Waals surface area contributed by atoms with Gasteiger partial charge < -0.3 is 9.15 Å². The van der Waals surface area contributed by atoms with Crippen LogP contribution in [0, 0.1) is 0 Å². The van der Waals surface area contributed by atoms with Crippen molar-refractivity contribution in [3.8, 4) is 17.1 Å². The van der Waals surface area contributed by atoms with E-state index < -0.39 is 11.8 Å². The number of carbonyl (C=O) groups is 2. The predicted octanol–water partition coefficient (Wildman–Crippen LogP) is 3.79. The molecule has 4 rings (SSSR count). The minimum atomic E-state index is -0.580. The Labute approximate surface area is 172 Å². The number of ether oxygens (including phenoxy) is 1. The second-order valence-corrected chi connectivity index (χ2v) is 6.58. The Hall–Kier alpha value is -3.71. The summed E-state index contributed by atoms with van der Waals surface area (Å²) in [5.74, 6) is 0.348. The number of rotatable bonds is 4. The molecule has 0 radical (unpaired) electrons. The monoisotopic (exact) mass is 404 g/mol. The van der Waals surface area contributed by atoms with E-state index >= 15 is 0 Å². The van der Waals surface area contributed by atoms with Crippen molar-refractivity contribution in [2.75, 3.05) is 12.0 Å².